The first-order valence-corrected chi connectivity index (χ1v) is 12.7. The Morgan fingerprint density at radius 2 is 2.08 bits per heavy atom. The van der Waals surface area contributed by atoms with Gasteiger partial charge >= 0.3 is 0 Å². The summed E-state index contributed by atoms with van der Waals surface area (Å²) >= 11 is 0. The Bertz CT molecular complexity index is 1520. The van der Waals surface area contributed by atoms with Gasteiger partial charge in [0, 0.05) is 49.5 Å². The van der Waals surface area contributed by atoms with Gasteiger partial charge in [-0.05, 0) is 19.4 Å². The van der Waals surface area contributed by atoms with Gasteiger partial charge in [-0.25, -0.2) is 13.8 Å². The summed E-state index contributed by atoms with van der Waals surface area (Å²) in [5, 5.41) is 7.97. The number of ketones is 1. The molecule has 10 nitrogen and oxygen atoms in total. The number of ether oxygens (including phenoxy) is 2. The van der Waals surface area contributed by atoms with Gasteiger partial charge in [0.25, 0.3) is 6.43 Å². The summed E-state index contributed by atoms with van der Waals surface area (Å²) in [5.74, 6) is 0.975. The van der Waals surface area contributed by atoms with Crippen molar-refractivity contribution in [2.75, 3.05) is 18.5 Å². The highest BCUT2D eigenvalue weighted by Gasteiger charge is 2.29. The number of alkyl halides is 2. The second-order valence-electron chi connectivity index (χ2n) is 10.7. The van der Waals surface area contributed by atoms with E-state index in [-0.39, 0.29) is 51.9 Å². The molecule has 0 aliphatic carbocycles. The van der Waals surface area contributed by atoms with Gasteiger partial charge in [-0.15, -0.1) is 0 Å². The van der Waals surface area contributed by atoms with Gasteiger partial charge < -0.3 is 19.4 Å². The zero-order valence-electron chi connectivity index (χ0n) is 22.5. The minimum atomic E-state index is -2.86. The molecule has 5 rings (SSSR count). The molecule has 0 unspecified atom stereocenters. The molecule has 1 aliphatic heterocycles. The van der Waals surface area contributed by atoms with Crippen LogP contribution in [0.15, 0.2) is 30.6 Å². The number of aromatic nitrogens is 6. The number of anilines is 2. The maximum absolute atomic E-state index is 14.4. The normalized spacial score (nSPS) is 15.8. The Morgan fingerprint density at radius 3 is 2.74 bits per heavy atom. The number of hydrogen-bond donors (Lipinski definition) is 1. The maximum atomic E-state index is 14.4. The summed E-state index contributed by atoms with van der Waals surface area (Å²) in [4.78, 5) is 24.4. The molecule has 0 aromatic carbocycles. The van der Waals surface area contributed by atoms with E-state index >= 15 is 0 Å². The number of halogens is 2. The van der Waals surface area contributed by atoms with Crippen molar-refractivity contribution in [1.29, 1.82) is 0 Å². The van der Waals surface area contributed by atoms with Crippen LogP contribution in [0.5, 0.6) is 11.5 Å². The second kappa shape index (κ2) is 10.3. The highest BCUT2D eigenvalue weighted by atomic mass is 19.3. The molecule has 0 amide bonds. The predicted octanol–water partition coefficient (Wildman–Crippen LogP) is 5.42. The predicted molar refractivity (Wildman–Crippen MR) is 141 cm³/mol. The molecule has 0 bridgehead atoms. The number of pyridine rings is 2. The molecular weight excluding hydrogens is 508 g/mol. The molecule has 1 aliphatic rings. The third-order valence-electron chi connectivity index (χ3n) is 6.56. The third kappa shape index (κ3) is 5.47. The first kappa shape index (κ1) is 26.7. The highest BCUT2D eigenvalue weighted by molar-refractivity contribution is 5.82. The van der Waals surface area contributed by atoms with E-state index in [1.54, 1.807) is 13.1 Å². The minimum absolute atomic E-state index is 0.0676. The lowest BCUT2D eigenvalue weighted by atomic mass is 9.91. The molecule has 1 saturated heterocycles. The summed E-state index contributed by atoms with van der Waals surface area (Å²) < 4.78 is 43.8. The average molecular weight is 540 g/mol. The lowest BCUT2D eigenvalue weighted by Gasteiger charge is -2.22. The molecule has 206 valence electrons. The minimum Gasteiger partial charge on any atom is -0.455 e. The Labute approximate surface area is 224 Å². The summed E-state index contributed by atoms with van der Waals surface area (Å²) in [7, 11) is 1.64. The Balaban J connectivity index is 1.50. The fourth-order valence-corrected chi connectivity index (χ4v) is 4.71. The summed E-state index contributed by atoms with van der Waals surface area (Å²) in [6.45, 7) is 9.07. The van der Waals surface area contributed by atoms with E-state index in [2.05, 4.69) is 41.0 Å². The van der Waals surface area contributed by atoms with Crippen molar-refractivity contribution in [3.63, 3.8) is 0 Å². The van der Waals surface area contributed by atoms with Crippen molar-refractivity contribution in [3.8, 4) is 11.5 Å². The van der Waals surface area contributed by atoms with E-state index in [0.717, 1.165) is 12.1 Å². The van der Waals surface area contributed by atoms with Gasteiger partial charge in [-0.1, -0.05) is 20.8 Å². The van der Waals surface area contributed by atoms with Crippen LogP contribution in [0.1, 0.15) is 63.5 Å². The maximum Gasteiger partial charge on any atom is 0.269 e. The summed E-state index contributed by atoms with van der Waals surface area (Å²) in [6.07, 6.45) is 0.831. The largest absolute Gasteiger partial charge is 0.455 e. The first-order valence-electron chi connectivity index (χ1n) is 12.7. The molecule has 0 radical (unpaired) electrons. The number of carbonyl (C=O) groups is 1. The number of carbonyl (C=O) groups excluding carboxylic acids is 1. The smallest absolute Gasteiger partial charge is 0.269 e. The zero-order valence-corrected chi connectivity index (χ0v) is 22.5. The van der Waals surface area contributed by atoms with Crippen LogP contribution in [-0.2, 0) is 28.4 Å². The van der Waals surface area contributed by atoms with Crippen LogP contribution in [-0.4, -0.2) is 48.3 Å². The fourth-order valence-electron chi connectivity index (χ4n) is 4.71. The van der Waals surface area contributed by atoms with E-state index < -0.39 is 6.43 Å². The van der Waals surface area contributed by atoms with Crippen molar-refractivity contribution < 1.29 is 23.0 Å². The van der Waals surface area contributed by atoms with Gasteiger partial charge in [0.2, 0.25) is 5.95 Å². The van der Waals surface area contributed by atoms with Gasteiger partial charge in [-0.3, -0.25) is 14.5 Å². The molecule has 39 heavy (non-hydrogen) atoms. The number of Topliss-reactive ketones (excluding diaryl/α,β-unsaturated/α-hetero) is 1. The lowest BCUT2D eigenvalue weighted by Crippen LogP contribution is -2.22. The van der Waals surface area contributed by atoms with Crippen molar-refractivity contribution in [2.45, 2.75) is 58.4 Å². The van der Waals surface area contributed by atoms with Gasteiger partial charge in [0.05, 0.1) is 30.1 Å². The number of aryl methyl sites for hydroxylation is 1. The third-order valence-corrected chi connectivity index (χ3v) is 6.56. The Kier molecular flexibility index (Phi) is 7.06. The Hall–Kier alpha value is -3.93. The molecule has 1 atom stereocenters. The number of nitrogens with zero attached hydrogens (tertiary/aromatic N) is 6. The lowest BCUT2D eigenvalue weighted by molar-refractivity contribution is -0.116. The van der Waals surface area contributed by atoms with Gasteiger partial charge in [0.15, 0.2) is 17.2 Å². The second-order valence-corrected chi connectivity index (χ2v) is 10.7. The SMILES string of the molecule is CC(=O)Cc1cc(Oc2cnc3nc(Nc4cc(C(C)(C)C)n([C@@H]5CCOC5)n4)n(C)c3c2C(F)F)ccn1. The van der Waals surface area contributed by atoms with Crippen LogP contribution in [0.3, 0.4) is 0 Å². The van der Waals surface area contributed by atoms with Crippen molar-refractivity contribution in [1.82, 2.24) is 29.3 Å². The summed E-state index contributed by atoms with van der Waals surface area (Å²) in [6, 6.07) is 5.18. The molecule has 12 heteroatoms. The van der Waals surface area contributed by atoms with Gasteiger partial charge in [0.1, 0.15) is 17.0 Å². The molecule has 0 saturated carbocycles. The number of nitrogens with one attached hydrogen (secondary N) is 1. The average Bonchev–Trinajstić information content (AvgIpc) is 3.59. The molecule has 1 N–H and O–H groups in total. The molecular formula is C27H31F2N7O3. The first-order chi connectivity index (χ1) is 18.5. The molecule has 5 heterocycles. The van der Waals surface area contributed by atoms with Crippen LogP contribution in [0.25, 0.3) is 11.2 Å². The molecule has 4 aromatic rings. The van der Waals surface area contributed by atoms with Crippen molar-refractivity contribution in [2.24, 2.45) is 7.05 Å². The number of hydrogen-bond acceptors (Lipinski definition) is 8. The zero-order chi connectivity index (χ0) is 27.9. The van der Waals surface area contributed by atoms with Crippen LogP contribution in [0, 0.1) is 0 Å². The fraction of sp³-hybridized carbons (Fsp3) is 0.444. The highest BCUT2D eigenvalue weighted by Crippen LogP contribution is 2.38. The van der Waals surface area contributed by atoms with Crippen molar-refractivity contribution >= 4 is 28.7 Å². The molecule has 4 aromatic heterocycles. The van der Waals surface area contributed by atoms with Crippen LogP contribution in [0.4, 0.5) is 20.5 Å². The van der Waals surface area contributed by atoms with E-state index in [1.807, 2.05) is 10.7 Å². The van der Waals surface area contributed by atoms with E-state index in [1.165, 1.54) is 30.0 Å². The van der Waals surface area contributed by atoms with Crippen LogP contribution >= 0.6 is 0 Å². The molecule has 1 fully saturated rings. The molecule has 0 spiro atoms. The van der Waals surface area contributed by atoms with Crippen molar-refractivity contribution in [3.05, 3.63) is 47.5 Å². The van der Waals surface area contributed by atoms with Crippen LogP contribution < -0.4 is 10.1 Å². The van der Waals surface area contributed by atoms with E-state index in [0.29, 0.717) is 30.7 Å². The number of imidazole rings is 1. The monoisotopic (exact) mass is 539 g/mol. The van der Waals surface area contributed by atoms with Gasteiger partial charge in [-0.2, -0.15) is 10.1 Å². The quantitative estimate of drug-likeness (QED) is 0.316. The standard InChI is InChI=1S/C27H31F2N7O3/c1-15(37)10-16-11-18(6-8-30-16)39-19-13-31-25-23(22(19)24(28)29)35(5)26(33-25)32-21-12-20(27(2,3)4)36(34-21)17-7-9-38-14-17/h6,8,11-13,17,24H,7,9-10,14H2,1-5H3,(H,31,32,33,34)/t17-/m1/s1. The number of rotatable bonds is 8. The number of fused-ring (bicyclic) bond motifs is 1. The van der Waals surface area contributed by atoms with Crippen LogP contribution in [0.2, 0.25) is 0 Å². The van der Waals surface area contributed by atoms with E-state index in [4.69, 9.17) is 14.6 Å². The van der Waals surface area contributed by atoms with E-state index in [9.17, 15) is 13.6 Å². The summed E-state index contributed by atoms with van der Waals surface area (Å²) in [5.41, 5.74) is 1.30. The topological polar surface area (TPSA) is 109 Å². The Morgan fingerprint density at radius 1 is 1.28 bits per heavy atom.